The van der Waals surface area contributed by atoms with Gasteiger partial charge in [-0.2, -0.15) is 0 Å². The highest BCUT2D eigenvalue weighted by Crippen LogP contribution is 2.25. The van der Waals surface area contributed by atoms with Crippen LogP contribution >= 0.6 is 0 Å². The van der Waals surface area contributed by atoms with Gasteiger partial charge in [0.25, 0.3) is 0 Å². The van der Waals surface area contributed by atoms with Crippen molar-refractivity contribution >= 4 is 11.8 Å². The average Bonchev–Trinajstić information content (AvgIpc) is 2.61. The van der Waals surface area contributed by atoms with Crippen LogP contribution in [0.15, 0.2) is 24.3 Å². The summed E-state index contributed by atoms with van der Waals surface area (Å²) in [5.74, 6) is 1.13. The van der Waals surface area contributed by atoms with E-state index < -0.39 is 0 Å². The van der Waals surface area contributed by atoms with Crippen molar-refractivity contribution in [3.05, 3.63) is 29.8 Å². The van der Waals surface area contributed by atoms with Crippen LogP contribution in [0.3, 0.4) is 0 Å². The van der Waals surface area contributed by atoms with Crippen LogP contribution in [0.25, 0.3) is 0 Å². The Morgan fingerprint density at radius 2 is 1.78 bits per heavy atom. The van der Waals surface area contributed by atoms with Gasteiger partial charge in [-0.15, -0.1) is 0 Å². The van der Waals surface area contributed by atoms with Crippen molar-refractivity contribution < 1.29 is 14.3 Å². The Bertz CT molecular complexity index is 647. The number of amides is 2. The van der Waals surface area contributed by atoms with Crippen molar-refractivity contribution in [3.63, 3.8) is 0 Å². The van der Waals surface area contributed by atoms with Crippen molar-refractivity contribution in [1.82, 2.24) is 15.1 Å². The van der Waals surface area contributed by atoms with Crippen LogP contribution in [0.4, 0.5) is 0 Å². The molecule has 2 fully saturated rings. The summed E-state index contributed by atoms with van der Waals surface area (Å²) in [5.41, 5.74) is 1.05. The van der Waals surface area contributed by atoms with E-state index in [2.05, 4.69) is 17.3 Å². The first-order valence-corrected chi connectivity index (χ1v) is 9.98. The molecule has 2 aliphatic heterocycles. The zero-order chi connectivity index (χ0) is 19.4. The van der Waals surface area contributed by atoms with Crippen molar-refractivity contribution in [2.24, 2.45) is 11.8 Å². The minimum Gasteiger partial charge on any atom is -0.494 e. The first kappa shape index (κ1) is 19.7. The lowest BCUT2D eigenvalue weighted by atomic mass is 9.91. The number of carbonyl (C=O) groups excluding carboxylic acids is 2. The summed E-state index contributed by atoms with van der Waals surface area (Å²) in [5, 5.41) is 3.07. The summed E-state index contributed by atoms with van der Waals surface area (Å²) < 4.78 is 5.45. The fraction of sp³-hybridized carbons (Fsp3) is 0.619. The fourth-order valence-electron chi connectivity index (χ4n) is 3.77. The second kappa shape index (κ2) is 8.74. The zero-order valence-corrected chi connectivity index (χ0v) is 16.6. The van der Waals surface area contributed by atoms with Gasteiger partial charge in [0.05, 0.1) is 18.6 Å². The van der Waals surface area contributed by atoms with Gasteiger partial charge in [0.1, 0.15) is 5.75 Å². The van der Waals surface area contributed by atoms with E-state index in [4.69, 9.17) is 4.74 Å². The Morgan fingerprint density at radius 1 is 1.15 bits per heavy atom. The minimum atomic E-state index is -0.0923. The molecule has 6 nitrogen and oxygen atoms in total. The standard InChI is InChI=1S/C21H31N3O3/c1-4-27-19-7-5-16(6-8-19)15(2)22-20(25)18-13-24(14-18)21(26)17-9-11-23(3)12-10-17/h5-8,15,17-18H,4,9-14H2,1-3H3,(H,22,25). The van der Waals surface area contributed by atoms with Gasteiger partial charge in [0.15, 0.2) is 0 Å². The predicted octanol–water partition coefficient (Wildman–Crippen LogP) is 2.06. The zero-order valence-electron chi connectivity index (χ0n) is 16.6. The molecule has 1 atom stereocenters. The summed E-state index contributed by atoms with van der Waals surface area (Å²) in [6.07, 6.45) is 1.86. The van der Waals surface area contributed by atoms with Crippen molar-refractivity contribution in [2.45, 2.75) is 32.7 Å². The summed E-state index contributed by atoms with van der Waals surface area (Å²) in [6, 6.07) is 7.74. The number of ether oxygens (including phenoxy) is 1. The summed E-state index contributed by atoms with van der Waals surface area (Å²) in [6.45, 7) is 7.63. The third-order valence-corrected chi connectivity index (χ3v) is 5.68. The van der Waals surface area contributed by atoms with Gasteiger partial charge in [-0.25, -0.2) is 0 Å². The summed E-state index contributed by atoms with van der Waals surface area (Å²) in [7, 11) is 2.09. The molecule has 148 valence electrons. The average molecular weight is 373 g/mol. The molecule has 0 radical (unpaired) electrons. The van der Waals surface area contributed by atoms with Gasteiger partial charge in [0, 0.05) is 19.0 Å². The maximum Gasteiger partial charge on any atom is 0.227 e. The maximum atomic E-state index is 12.5. The smallest absolute Gasteiger partial charge is 0.227 e. The Labute approximate surface area is 161 Å². The Hall–Kier alpha value is -2.08. The van der Waals surface area contributed by atoms with Crippen LogP contribution in [0.1, 0.15) is 38.3 Å². The molecule has 0 aliphatic carbocycles. The van der Waals surface area contributed by atoms with Crippen LogP contribution in [0.2, 0.25) is 0 Å². The lowest BCUT2D eigenvalue weighted by Crippen LogP contribution is -2.57. The third-order valence-electron chi connectivity index (χ3n) is 5.68. The number of nitrogens with zero attached hydrogens (tertiary/aromatic N) is 2. The number of likely N-dealkylation sites (tertiary alicyclic amines) is 2. The molecule has 2 saturated heterocycles. The largest absolute Gasteiger partial charge is 0.494 e. The first-order valence-electron chi connectivity index (χ1n) is 9.98. The third kappa shape index (κ3) is 4.80. The van der Waals surface area contributed by atoms with Crippen molar-refractivity contribution in [3.8, 4) is 5.75 Å². The number of benzene rings is 1. The van der Waals surface area contributed by atoms with Crippen molar-refractivity contribution in [2.75, 3.05) is 39.8 Å². The van der Waals surface area contributed by atoms with Crippen LogP contribution < -0.4 is 10.1 Å². The first-order chi connectivity index (χ1) is 13.0. The number of hydrogen-bond acceptors (Lipinski definition) is 4. The second-order valence-electron chi connectivity index (χ2n) is 7.75. The Balaban J connectivity index is 1.44. The van der Waals surface area contributed by atoms with E-state index in [1.807, 2.05) is 43.0 Å². The predicted molar refractivity (Wildman–Crippen MR) is 104 cm³/mol. The highest BCUT2D eigenvalue weighted by molar-refractivity contribution is 5.85. The van der Waals surface area contributed by atoms with Gasteiger partial charge in [0.2, 0.25) is 11.8 Å². The number of hydrogen-bond donors (Lipinski definition) is 1. The SMILES string of the molecule is CCOc1ccc(C(C)NC(=O)C2CN(C(=O)C3CCN(C)CC3)C2)cc1. The van der Waals surface area contributed by atoms with Gasteiger partial charge in [-0.3, -0.25) is 9.59 Å². The second-order valence-corrected chi connectivity index (χ2v) is 7.75. The van der Waals surface area contributed by atoms with Crippen LogP contribution in [-0.2, 0) is 9.59 Å². The molecule has 0 spiro atoms. The molecule has 0 aromatic heterocycles. The lowest BCUT2D eigenvalue weighted by molar-refractivity contribution is -0.147. The molecule has 1 aromatic carbocycles. The number of nitrogens with one attached hydrogen (secondary N) is 1. The molecule has 0 saturated carbocycles. The molecule has 2 amide bonds. The van der Waals surface area contributed by atoms with E-state index in [1.165, 1.54) is 0 Å². The molecule has 2 heterocycles. The molecule has 1 N–H and O–H groups in total. The Morgan fingerprint density at radius 3 is 2.37 bits per heavy atom. The molecular weight excluding hydrogens is 342 g/mol. The van der Waals surface area contributed by atoms with Gasteiger partial charge in [-0.05, 0) is 64.5 Å². The highest BCUT2D eigenvalue weighted by atomic mass is 16.5. The van der Waals surface area contributed by atoms with E-state index in [-0.39, 0.29) is 29.7 Å². The molecule has 27 heavy (non-hydrogen) atoms. The topological polar surface area (TPSA) is 61.9 Å². The van der Waals surface area contributed by atoms with E-state index >= 15 is 0 Å². The highest BCUT2D eigenvalue weighted by Gasteiger charge is 2.39. The molecular formula is C21H31N3O3. The molecule has 2 aliphatic rings. The van der Waals surface area contributed by atoms with Crippen molar-refractivity contribution in [1.29, 1.82) is 0 Å². The quantitative estimate of drug-likeness (QED) is 0.829. The number of rotatable bonds is 6. The van der Waals surface area contributed by atoms with Gasteiger partial charge < -0.3 is 19.9 Å². The van der Waals surface area contributed by atoms with Crippen LogP contribution in [-0.4, -0.2) is 61.4 Å². The molecule has 1 aromatic rings. The van der Waals surface area contributed by atoms with Crippen LogP contribution in [0, 0.1) is 11.8 Å². The summed E-state index contributed by atoms with van der Waals surface area (Å²) >= 11 is 0. The normalized spacial score (nSPS) is 20.0. The molecule has 3 rings (SSSR count). The molecule has 6 heteroatoms. The summed E-state index contributed by atoms with van der Waals surface area (Å²) in [4.78, 5) is 29.1. The minimum absolute atomic E-state index is 0.0313. The number of piperidine rings is 1. The maximum absolute atomic E-state index is 12.5. The monoisotopic (exact) mass is 373 g/mol. The molecule has 0 bridgehead atoms. The van der Waals surface area contributed by atoms with E-state index in [0.29, 0.717) is 19.7 Å². The molecule has 1 unspecified atom stereocenters. The Kier molecular flexibility index (Phi) is 6.37. The number of carbonyl (C=O) groups is 2. The van der Waals surface area contributed by atoms with E-state index in [1.54, 1.807) is 0 Å². The van der Waals surface area contributed by atoms with Gasteiger partial charge >= 0.3 is 0 Å². The van der Waals surface area contributed by atoms with Crippen LogP contribution in [0.5, 0.6) is 5.75 Å². The van der Waals surface area contributed by atoms with E-state index in [0.717, 1.165) is 37.2 Å². The fourth-order valence-corrected chi connectivity index (χ4v) is 3.77. The van der Waals surface area contributed by atoms with E-state index in [9.17, 15) is 9.59 Å². The van der Waals surface area contributed by atoms with Gasteiger partial charge in [-0.1, -0.05) is 12.1 Å². The lowest BCUT2D eigenvalue weighted by Gasteiger charge is -2.41.